The lowest BCUT2D eigenvalue weighted by Gasteiger charge is -2.24. The summed E-state index contributed by atoms with van der Waals surface area (Å²) in [5, 5.41) is 20.5. The number of thiazole rings is 1. The van der Waals surface area contributed by atoms with Crippen molar-refractivity contribution in [2.75, 3.05) is 19.0 Å². The van der Waals surface area contributed by atoms with Crippen LogP contribution in [-0.2, 0) is 13.0 Å². The Morgan fingerprint density at radius 1 is 1.14 bits per heavy atom. The highest BCUT2D eigenvalue weighted by Gasteiger charge is 2.33. The lowest BCUT2D eigenvalue weighted by Crippen LogP contribution is -2.33. The minimum atomic E-state index is -0.276. The van der Waals surface area contributed by atoms with Crippen LogP contribution >= 0.6 is 22.9 Å². The molecule has 3 aromatic carbocycles. The van der Waals surface area contributed by atoms with Crippen LogP contribution in [0.4, 0.5) is 5.69 Å². The normalized spacial score (nSPS) is 15.2. The molecule has 0 spiro atoms. The van der Waals surface area contributed by atoms with Crippen LogP contribution < -0.4 is 15.4 Å². The van der Waals surface area contributed by atoms with Crippen LogP contribution in [0.3, 0.4) is 0 Å². The first-order chi connectivity index (χ1) is 21.2. The smallest absolute Gasteiger partial charge is 0.254 e. The van der Waals surface area contributed by atoms with E-state index in [0.717, 1.165) is 34.7 Å². The third-order valence-electron chi connectivity index (χ3n) is 7.76. The molecule has 5 rings (SSSR count). The van der Waals surface area contributed by atoms with E-state index in [1.54, 1.807) is 35.6 Å². The summed E-state index contributed by atoms with van der Waals surface area (Å²) < 4.78 is 5.46. The van der Waals surface area contributed by atoms with Gasteiger partial charge in [0.05, 0.1) is 18.8 Å². The molecule has 3 N–H and O–H groups in total. The number of phenolic OH excluding ortho intramolecular Hbond substituents is 1. The molecule has 2 amide bonds. The van der Waals surface area contributed by atoms with Gasteiger partial charge in [0.1, 0.15) is 16.5 Å². The van der Waals surface area contributed by atoms with Gasteiger partial charge in [-0.2, -0.15) is 0 Å². The van der Waals surface area contributed by atoms with Crippen LogP contribution in [-0.4, -0.2) is 46.5 Å². The second kappa shape index (κ2) is 14.1. The Labute approximate surface area is 267 Å². The number of carbonyl (C=O) groups excluding carboxylic acids is 2. The van der Waals surface area contributed by atoms with Gasteiger partial charge in [-0.25, -0.2) is 4.98 Å². The first-order valence-electron chi connectivity index (χ1n) is 14.7. The number of benzene rings is 3. The van der Waals surface area contributed by atoms with Crippen molar-refractivity contribution in [3.63, 3.8) is 0 Å². The molecule has 1 aliphatic heterocycles. The molecule has 2 atom stereocenters. The first-order valence-corrected chi connectivity index (χ1v) is 16.0. The van der Waals surface area contributed by atoms with Gasteiger partial charge in [0.25, 0.3) is 11.8 Å². The molecule has 230 valence electrons. The molecule has 0 aliphatic carbocycles. The number of ether oxygens (including phenoxy) is 1. The summed E-state index contributed by atoms with van der Waals surface area (Å²) in [4.78, 5) is 33.4. The van der Waals surface area contributed by atoms with Gasteiger partial charge in [0, 0.05) is 46.4 Å². The molecule has 0 bridgehead atoms. The van der Waals surface area contributed by atoms with E-state index in [9.17, 15) is 14.7 Å². The number of carbonyl (C=O) groups is 2. The molecule has 8 nitrogen and oxygen atoms in total. The maximum atomic E-state index is 13.6. The lowest BCUT2D eigenvalue weighted by atomic mass is 10.0. The van der Waals surface area contributed by atoms with Crippen molar-refractivity contribution in [3.05, 3.63) is 104 Å². The summed E-state index contributed by atoms with van der Waals surface area (Å²) in [6.45, 7) is 5.08. The summed E-state index contributed by atoms with van der Waals surface area (Å²) in [6.07, 6.45) is 3.11. The van der Waals surface area contributed by atoms with Crippen LogP contribution in [0, 0.1) is 6.92 Å². The van der Waals surface area contributed by atoms with E-state index in [2.05, 4.69) is 15.6 Å². The number of rotatable bonds is 11. The van der Waals surface area contributed by atoms with E-state index in [1.807, 2.05) is 60.5 Å². The molecule has 1 fully saturated rings. The first kappa shape index (κ1) is 31.3. The molecule has 1 aromatic heterocycles. The fraction of sp³-hybridized carbons (Fsp3) is 0.324. The minimum absolute atomic E-state index is 0.0584. The fourth-order valence-electron chi connectivity index (χ4n) is 5.42. The molecule has 0 unspecified atom stereocenters. The van der Waals surface area contributed by atoms with Crippen LogP contribution in [0.5, 0.6) is 11.5 Å². The van der Waals surface area contributed by atoms with E-state index in [4.69, 9.17) is 16.3 Å². The van der Waals surface area contributed by atoms with Crippen molar-refractivity contribution < 1.29 is 19.4 Å². The number of nitrogens with zero attached hydrogens (tertiary/aromatic N) is 2. The summed E-state index contributed by atoms with van der Waals surface area (Å²) in [7, 11) is 1.53. The highest BCUT2D eigenvalue weighted by atomic mass is 35.5. The third-order valence-corrected chi connectivity index (χ3v) is 9.06. The Morgan fingerprint density at radius 3 is 2.68 bits per heavy atom. The fourth-order valence-corrected chi connectivity index (χ4v) is 6.57. The van der Waals surface area contributed by atoms with E-state index < -0.39 is 0 Å². The summed E-state index contributed by atoms with van der Waals surface area (Å²) >= 11 is 7.64. The summed E-state index contributed by atoms with van der Waals surface area (Å²) in [5.41, 5.74) is 4.36. The van der Waals surface area contributed by atoms with Crippen LogP contribution in [0.25, 0.3) is 0 Å². The number of phenols is 1. The Kier molecular flexibility index (Phi) is 10.1. The van der Waals surface area contributed by atoms with Crippen LogP contribution in [0.1, 0.15) is 74.8 Å². The topological polar surface area (TPSA) is 104 Å². The second-order valence-corrected chi connectivity index (χ2v) is 12.5. The SMILES string of the molecule is COc1cc(C(=O)N[C@@H](C)CCc2ccc(NCc3cccc(Cl)c3)c(O)c2)cc(C(=O)N2CCC[C@@H]2c2nc(C)cs2)c1. The van der Waals surface area contributed by atoms with Gasteiger partial charge in [0.2, 0.25) is 0 Å². The standard InChI is InChI=1S/C34H37ClN4O4S/c1-21(9-10-23-11-12-29(31(40)15-23)36-19-24-6-4-7-27(35)14-24)37-32(41)25-16-26(18-28(17-25)43-3)34(42)39-13-5-8-30(39)33-38-22(2)20-44-33/h4,6-7,11-12,14-18,20-21,30,36,40H,5,8-10,13,19H2,1-3H3,(H,37,41)/t21-,30+/m0/s1. The van der Waals surface area contributed by atoms with Crippen molar-refractivity contribution in [2.45, 2.75) is 58.2 Å². The average molecular weight is 633 g/mol. The van der Waals surface area contributed by atoms with Gasteiger partial charge in [-0.05, 0) is 93.1 Å². The van der Waals surface area contributed by atoms with Gasteiger partial charge >= 0.3 is 0 Å². The molecule has 10 heteroatoms. The van der Waals surface area contributed by atoms with E-state index in [1.165, 1.54) is 7.11 Å². The second-order valence-electron chi connectivity index (χ2n) is 11.2. The summed E-state index contributed by atoms with van der Waals surface area (Å²) in [6, 6.07) is 17.9. The molecule has 0 radical (unpaired) electrons. The number of halogens is 1. The van der Waals surface area contributed by atoms with Crippen LogP contribution in [0.2, 0.25) is 5.02 Å². The highest BCUT2D eigenvalue weighted by Crippen LogP contribution is 2.35. The zero-order valence-electron chi connectivity index (χ0n) is 25.1. The number of aryl methyl sites for hydroxylation is 2. The van der Waals surface area contributed by atoms with Crippen LogP contribution in [0.15, 0.2) is 66.0 Å². The molecule has 1 saturated heterocycles. The van der Waals surface area contributed by atoms with Gasteiger partial charge in [-0.3, -0.25) is 9.59 Å². The van der Waals surface area contributed by atoms with Gasteiger partial charge < -0.3 is 25.4 Å². The minimum Gasteiger partial charge on any atom is -0.506 e. The molecule has 4 aromatic rings. The summed E-state index contributed by atoms with van der Waals surface area (Å²) in [5.74, 6) is 0.211. The number of hydrogen-bond donors (Lipinski definition) is 3. The Morgan fingerprint density at radius 2 is 1.95 bits per heavy atom. The molecule has 44 heavy (non-hydrogen) atoms. The van der Waals surface area contributed by atoms with Crippen molar-refractivity contribution in [2.24, 2.45) is 0 Å². The van der Waals surface area contributed by atoms with E-state index in [-0.39, 0.29) is 29.6 Å². The van der Waals surface area contributed by atoms with Gasteiger partial charge in [-0.15, -0.1) is 11.3 Å². The largest absolute Gasteiger partial charge is 0.506 e. The molecular weight excluding hydrogens is 596 g/mol. The van der Waals surface area contributed by atoms with E-state index in [0.29, 0.717) is 53.5 Å². The number of likely N-dealkylation sites (tertiary alicyclic amines) is 1. The Hall–Kier alpha value is -4.08. The highest BCUT2D eigenvalue weighted by molar-refractivity contribution is 7.09. The number of aromatic nitrogens is 1. The van der Waals surface area contributed by atoms with Gasteiger partial charge in [-0.1, -0.05) is 29.8 Å². The monoisotopic (exact) mass is 632 g/mol. The number of anilines is 1. The van der Waals surface area contributed by atoms with Gasteiger partial charge in [0.15, 0.2) is 0 Å². The number of amides is 2. The molecule has 0 saturated carbocycles. The lowest BCUT2D eigenvalue weighted by molar-refractivity contribution is 0.0735. The average Bonchev–Trinajstić information content (AvgIpc) is 3.68. The quantitative estimate of drug-likeness (QED) is 0.152. The number of methoxy groups -OCH3 is 1. The van der Waals surface area contributed by atoms with E-state index >= 15 is 0 Å². The van der Waals surface area contributed by atoms with Crippen molar-refractivity contribution in [1.82, 2.24) is 15.2 Å². The molecular formula is C34H37ClN4O4S. The predicted molar refractivity (Wildman–Crippen MR) is 175 cm³/mol. The number of nitrogens with one attached hydrogen (secondary N) is 2. The maximum Gasteiger partial charge on any atom is 0.254 e. The van der Waals surface area contributed by atoms with Crippen molar-refractivity contribution >= 4 is 40.4 Å². The zero-order valence-corrected chi connectivity index (χ0v) is 26.7. The Bertz CT molecular complexity index is 1640. The Balaban J connectivity index is 1.18. The van der Waals surface area contributed by atoms with Crippen molar-refractivity contribution in [3.8, 4) is 11.5 Å². The number of aromatic hydroxyl groups is 1. The number of hydrogen-bond acceptors (Lipinski definition) is 7. The van der Waals surface area contributed by atoms with Crippen molar-refractivity contribution in [1.29, 1.82) is 0 Å². The molecule has 2 heterocycles. The molecule has 1 aliphatic rings. The maximum absolute atomic E-state index is 13.6. The third kappa shape index (κ3) is 7.70. The predicted octanol–water partition coefficient (Wildman–Crippen LogP) is 7.16. The zero-order chi connectivity index (χ0) is 31.2.